The summed E-state index contributed by atoms with van der Waals surface area (Å²) in [4.78, 5) is 11.9. The maximum absolute atomic E-state index is 11.9. The van der Waals surface area contributed by atoms with E-state index in [1.54, 1.807) is 0 Å². The van der Waals surface area contributed by atoms with Gasteiger partial charge in [-0.1, -0.05) is 19.9 Å². The maximum Gasteiger partial charge on any atom is 0.162 e. The standard InChI is InChI=1S/C12H16O/c1-11-6-5-10(13)12(11,2)9-4-3-8(11)7-9/h5-6,8-9H,3-4,7H2,1-2H3/t8-,9+,11+,12+/m0/s1. The molecule has 0 aromatic carbocycles. The molecule has 13 heavy (non-hydrogen) atoms. The van der Waals surface area contributed by atoms with Crippen molar-refractivity contribution >= 4 is 5.78 Å². The lowest BCUT2D eigenvalue weighted by Crippen LogP contribution is -2.42. The SMILES string of the molecule is C[C@@]12C(=O)C=C[C@]1(C)[C@H]1CC[C@@H]2C1. The Bertz CT molecular complexity index is 317. The number of carbonyl (C=O) groups excluding carboxylic acids is 1. The van der Waals surface area contributed by atoms with Gasteiger partial charge in [0.15, 0.2) is 5.78 Å². The van der Waals surface area contributed by atoms with Gasteiger partial charge in [0.05, 0.1) is 0 Å². The Labute approximate surface area is 79.2 Å². The van der Waals surface area contributed by atoms with Gasteiger partial charge in [-0.25, -0.2) is 0 Å². The fourth-order valence-corrected chi connectivity index (χ4v) is 4.11. The van der Waals surface area contributed by atoms with Gasteiger partial charge in [-0.3, -0.25) is 4.79 Å². The minimum atomic E-state index is -0.0318. The quantitative estimate of drug-likeness (QED) is 0.554. The Kier molecular flexibility index (Phi) is 1.15. The van der Waals surface area contributed by atoms with Crippen molar-refractivity contribution in [1.29, 1.82) is 0 Å². The highest BCUT2D eigenvalue weighted by Crippen LogP contribution is 2.69. The molecule has 0 N–H and O–H groups in total. The van der Waals surface area contributed by atoms with E-state index in [-0.39, 0.29) is 10.8 Å². The third-order valence-electron chi connectivity index (χ3n) is 5.31. The molecule has 1 heteroatoms. The number of rotatable bonds is 0. The van der Waals surface area contributed by atoms with Crippen LogP contribution in [0.25, 0.3) is 0 Å². The normalized spacial score (nSPS) is 57.5. The van der Waals surface area contributed by atoms with Gasteiger partial charge in [0.2, 0.25) is 0 Å². The lowest BCUT2D eigenvalue weighted by molar-refractivity contribution is -0.129. The molecular weight excluding hydrogens is 160 g/mol. The van der Waals surface area contributed by atoms with Crippen LogP contribution in [0.1, 0.15) is 33.1 Å². The lowest BCUT2D eigenvalue weighted by atomic mass is 9.59. The zero-order valence-corrected chi connectivity index (χ0v) is 8.34. The van der Waals surface area contributed by atoms with Crippen LogP contribution >= 0.6 is 0 Å². The van der Waals surface area contributed by atoms with Crippen LogP contribution < -0.4 is 0 Å². The fraction of sp³-hybridized carbons (Fsp3) is 0.750. The summed E-state index contributed by atoms with van der Waals surface area (Å²) in [5, 5.41) is 0. The highest BCUT2D eigenvalue weighted by molar-refractivity contribution is 5.99. The van der Waals surface area contributed by atoms with E-state index < -0.39 is 0 Å². The second-order valence-corrected chi connectivity index (χ2v) is 5.39. The molecule has 2 fully saturated rings. The predicted octanol–water partition coefficient (Wildman–Crippen LogP) is 2.57. The van der Waals surface area contributed by atoms with Crippen molar-refractivity contribution in [2.45, 2.75) is 33.1 Å². The topological polar surface area (TPSA) is 17.1 Å². The van der Waals surface area contributed by atoms with Gasteiger partial charge in [-0.05, 0) is 37.2 Å². The van der Waals surface area contributed by atoms with Crippen LogP contribution in [0.15, 0.2) is 12.2 Å². The number of carbonyl (C=O) groups is 1. The third kappa shape index (κ3) is 0.589. The second kappa shape index (κ2) is 1.92. The van der Waals surface area contributed by atoms with Crippen molar-refractivity contribution < 1.29 is 4.79 Å². The molecule has 3 rings (SSSR count). The molecule has 0 aliphatic heterocycles. The first-order chi connectivity index (χ1) is 6.09. The van der Waals surface area contributed by atoms with Crippen molar-refractivity contribution in [2.75, 3.05) is 0 Å². The van der Waals surface area contributed by atoms with Crippen LogP contribution in [-0.2, 0) is 4.79 Å². The third-order valence-corrected chi connectivity index (χ3v) is 5.31. The van der Waals surface area contributed by atoms with Gasteiger partial charge in [0.1, 0.15) is 0 Å². The van der Waals surface area contributed by atoms with Crippen molar-refractivity contribution in [3.05, 3.63) is 12.2 Å². The zero-order valence-electron chi connectivity index (χ0n) is 8.34. The van der Waals surface area contributed by atoms with Gasteiger partial charge < -0.3 is 0 Å². The summed E-state index contributed by atoms with van der Waals surface area (Å²) >= 11 is 0. The summed E-state index contributed by atoms with van der Waals surface area (Å²) < 4.78 is 0. The largest absolute Gasteiger partial charge is 0.294 e. The average molecular weight is 176 g/mol. The molecule has 2 bridgehead atoms. The van der Waals surface area contributed by atoms with Crippen LogP contribution in [-0.4, -0.2) is 5.78 Å². The van der Waals surface area contributed by atoms with Gasteiger partial charge >= 0.3 is 0 Å². The van der Waals surface area contributed by atoms with E-state index in [9.17, 15) is 4.79 Å². The van der Waals surface area contributed by atoms with Crippen LogP contribution in [0.3, 0.4) is 0 Å². The van der Waals surface area contributed by atoms with E-state index in [0.717, 1.165) is 5.92 Å². The molecule has 0 unspecified atom stereocenters. The van der Waals surface area contributed by atoms with E-state index in [1.807, 2.05) is 6.08 Å². The molecule has 70 valence electrons. The van der Waals surface area contributed by atoms with Crippen molar-refractivity contribution in [3.63, 3.8) is 0 Å². The van der Waals surface area contributed by atoms with Crippen molar-refractivity contribution in [3.8, 4) is 0 Å². The van der Waals surface area contributed by atoms with Crippen LogP contribution in [0, 0.1) is 22.7 Å². The van der Waals surface area contributed by atoms with E-state index in [2.05, 4.69) is 19.9 Å². The first kappa shape index (κ1) is 7.78. The summed E-state index contributed by atoms with van der Waals surface area (Å²) in [5.41, 5.74) is 0.170. The van der Waals surface area contributed by atoms with E-state index in [4.69, 9.17) is 0 Å². The molecule has 2 saturated carbocycles. The first-order valence-corrected chi connectivity index (χ1v) is 5.33. The summed E-state index contributed by atoms with van der Waals surface area (Å²) in [6, 6.07) is 0. The molecule has 1 nitrogen and oxygen atoms in total. The molecule has 4 atom stereocenters. The lowest BCUT2D eigenvalue weighted by Gasteiger charge is -2.43. The number of allylic oxidation sites excluding steroid dienone is 2. The van der Waals surface area contributed by atoms with E-state index in [1.165, 1.54) is 19.3 Å². The Morgan fingerprint density at radius 3 is 2.69 bits per heavy atom. The second-order valence-electron chi connectivity index (χ2n) is 5.39. The number of fused-ring (bicyclic) bond motifs is 5. The van der Waals surface area contributed by atoms with Crippen LogP contribution in [0.4, 0.5) is 0 Å². The average Bonchev–Trinajstić information content (AvgIpc) is 2.70. The van der Waals surface area contributed by atoms with Crippen molar-refractivity contribution in [2.24, 2.45) is 22.7 Å². The highest BCUT2D eigenvalue weighted by atomic mass is 16.1. The molecule has 0 amide bonds. The van der Waals surface area contributed by atoms with Crippen LogP contribution in [0.2, 0.25) is 0 Å². The minimum absolute atomic E-state index is 0.0318. The summed E-state index contributed by atoms with van der Waals surface area (Å²) in [6.07, 6.45) is 7.95. The monoisotopic (exact) mass is 176 g/mol. The number of ketones is 1. The molecule has 0 saturated heterocycles. The summed E-state index contributed by atoms with van der Waals surface area (Å²) in [7, 11) is 0. The van der Waals surface area contributed by atoms with Crippen molar-refractivity contribution in [1.82, 2.24) is 0 Å². The Hall–Kier alpha value is -0.590. The molecule has 3 aliphatic carbocycles. The minimum Gasteiger partial charge on any atom is -0.294 e. The van der Waals surface area contributed by atoms with Gasteiger partial charge in [-0.2, -0.15) is 0 Å². The van der Waals surface area contributed by atoms with Crippen LogP contribution in [0.5, 0.6) is 0 Å². The van der Waals surface area contributed by atoms with Gasteiger partial charge in [-0.15, -0.1) is 0 Å². The molecular formula is C12H16O. The smallest absolute Gasteiger partial charge is 0.162 e. The molecule has 0 aromatic rings. The maximum atomic E-state index is 11.9. The summed E-state index contributed by atoms with van der Waals surface area (Å²) in [6.45, 7) is 4.48. The Morgan fingerprint density at radius 1 is 1.31 bits per heavy atom. The Morgan fingerprint density at radius 2 is 2.00 bits per heavy atom. The van der Waals surface area contributed by atoms with Gasteiger partial charge in [0.25, 0.3) is 0 Å². The van der Waals surface area contributed by atoms with E-state index in [0.29, 0.717) is 11.7 Å². The molecule has 3 aliphatic rings. The number of hydrogen-bond donors (Lipinski definition) is 0. The van der Waals surface area contributed by atoms with Gasteiger partial charge in [0, 0.05) is 10.8 Å². The summed E-state index contributed by atoms with van der Waals surface area (Å²) in [5.74, 6) is 1.84. The highest BCUT2D eigenvalue weighted by Gasteiger charge is 2.66. The Balaban J connectivity index is 2.19. The predicted molar refractivity (Wildman–Crippen MR) is 51.2 cm³/mol. The fourth-order valence-electron chi connectivity index (χ4n) is 4.11. The molecule has 0 radical (unpaired) electrons. The zero-order chi connectivity index (χ0) is 9.27. The van der Waals surface area contributed by atoms with E-state index >= 15 is 0 Å². The molecule has 0 aromatic heterocycles. The molecule has 0 heterocycles. The number of hydrogen-bond acceptors (Lipinski definition) is 1. The molecule has 0 spiro atoms. The first-order valence-electron chi connectivity index (χ1n) is 5.33.